The second kappa shape index (κ2) is 5.24. The Kier molecular flexibility index (Phi) is 3.97. The van der Waals surface area contributed by atoms with Gasteiger partial charge >= 0.3 is 0 Å². The summed E-state index contributed by atoms with van der Waals surface area (Å²) in [6, 6.07) is 1.72. The van der Waals surface area contributed by atoms with Crippen LogP contribution in [0, 0.1) is 12.9 Å². The highest BCUT2D eigenvalue weighted by molar-refractivity contribution is 5.73. The van der Waals surface area contributed by atoms with Gasteiger partial charge in [0.05, 0.1) is 0 Å². The number of nitrogens with zero attached hydrogens (tertiary/aromatic N) is 1. The molecule has 0 aliphatic heterocycles. The van der Waals surface area contributed by atoms with E-state index >= 15 is 0 Å². The molecular weight excluding hydrogens is 195 g/mol. The SMILES string of the molecule is CC(=O)NCC=Cc1ccnc(F)c1C. The lowest BCUT2D eigenvalue weighted by atomic mass is 10.1. The maximum absolute atomic E-state index is 13.0. The molecule has 0 atom stereocenters. The van der Waals surface area contributed by atoms with E-state index < -0.39 is 5.95 Å². The minimum absolute atomic E-state index is 0.0859. The van der Waals surface area contributed by atoms with Crippen LogP contribution < -0.4 is 5.32 Å². The highest BCUT2D eigenvalue weighted by atomic mass is 19.1. The number of amides is 1. The van der Waals surface area contributed by atoms with E-state index in [2.05, 4.69) is 10.3 Å². The fraction of sp³-hybridized carbons (Fsp3) is 0.273. The molecule has 0 radical (unpaired) electrons. The van der Waals surface area contributed by atoms with E-state index in [1.807, 2.05) is 0 Å². The van der Waals surface area contributed by atoms with Gasteiger partial charge in [-0.1, -0.05) is 12.2 Å². The van der Waals surface area contributed by atoms with E-state index in [1.54, 1.807) is 25.1 Å². The highest BCUT2D eigenvalue weighted by Crippen LogP contribution is 2.10. The molecule has 0 unspecified atom stereocenters. The first kappa shape index (κ1) is 11.4. The Hall–Kier alpha value is -1.71. The van der Waals surface area contributed by atoms with Gasteiger partial charge in [0.2, 0.25) is 11.9 Å². The number of carbonyl (C=O) groups is 1. The number of aromatic nitrogens is 1. The molecule has 0 spiro atoms. The summed E-state index contributed by atoms with van der Waals surface area (Å²) < 4.78 is 13.0. The second-order valence-corrected chi connectivity index (χ2v) is 3.16. The van der Waals surface area contributed by atoms with Crippen molar-refractivity contribution in [3.63, 3.8) is 0 Å². The van der Waals surface area contributed by atoms with Crippen LogP contribution in [-0.4, -0.2) is 17.4 Å². The summed E-state index contributed by atoms with van der Waals surface area (Å²) in [5, 5.41) is 2.61. The van der Waals surface area contributed by atoms with Crippen LogP contribution in [0.15, 0.2) is 18.3 Å². The number of hydrogen-bond acceptors (Lipinski definition) is 2. The topological polar surface area (TPSA) is 42.0 Å². The fourth-order valence-corrected chi connectivity index (χ4v) is 1.09. The van der Waals surface area contributed by atoms with E-state index in [-0.39, 0.29) is 5.91 Å². The molecule has 15 heavy (non-hydrogen) atoms. The molecular formula is C11H13FN2O. The van der Waals surface area contributed by atoms with Gasteiger partial charge in [-0.05, 0) is 18.6 Å². The molecule has 0 aliphatic carbocycles. The van der Waals surface area contributed by atoms with Gasteiger partial charge in [-0.3, -0.25) is 4.79 Å². The first-order valence-electron chi connectivity index (χ1n) is 4.63. The summed E-state index contributed by atoms with van der Waals surface area (Å²) >= 11 is 0. The molecule has 1 N–H and O–H groups in total. The van der Waals surface area contributed by atoms with Crippen molar-refractivity contribution in [2.24, 2.45) is 0 Å². The zero-order chi connectivity index (χ0) is 11.3. The average Bonchev–Trinajstić information content (AvgIpc) is 2.18. The van der Waals surface area contributed by atoms with E-state index in [0.717, 1.165) is 5.56 Å². The van der Waals surface area contributed by atoms with Gasteiger partial charge in [0.1, 0.15) is 0 Å². The summed E-state index contributed by atoms with van der Waals surface area (Å²) in [4.78, 5) is 14.1. The summed E-state index contributed by atoms with van der Waals surface area (Å²) in [6.07, 6.45) is 4.94. The lowest BCUT2D eigenvalue weighted by Crippen LogP contribution is -2.19. The van der Waals surface area contributed by atoms with Crippen LogP contribution in [0.25, 0.3) is 6.08 Å². The third-order valence-electron chi connectivity index (χ3n) is 1.95. The lowest BCUT2D eigenvalue weighted by molar-refractivity contribution is -0.118. The maximum atomic E-state index is 13.0. The lowest BCUT2D eigenvalue weighted by Gasteiger charge is -2.00. The van der Waals surface area contributed by atoms with Crippen LogP contribution in [0.4, 0.5) is 4.39 Å². The van der Waals surface area contributed by atoms with Gasteiger partial charge in [0.25, 0.3) is 0 Å². The molecule has 1 amide bonds. The summed E-state index contributed by atoms with van der Waals surface area (Å²) in [5.41, 5.74) is 1.28. The van der Waals surface area contributed by atoms with Crippen molar-refractivity contribution < 1.29 is 9.18 Å². The number of pyridine rings is 1. The van der Waals surface area contributed by atoms with Gasteiger partial charge < -0.3 is 5.32 Å². The van der Waals surface area contributed by atoms with Gasteiger partial charge in [-0.15, -0.1) is 0 Å². The molecule has 3 nitrogen and oxygen atoms in total. The van der Waals surface area contributed by atoms with Gasteiger partial charge in [0, 0.05) is 25.2 Å². The van der Waals surface area contributed by atoms with Gasteiger partial charge in [0.15, 0.2) is 0 Å². The van der Waals surface area contributed by atoms with Crippen molar-refractivity contribution in [2.75, 3.05) is 6.54 Å². The molecule has 0 aliphatic rings. The van der Waals surface area contributed by atoms with Crippen LogP contribution in [0.1, 0.15) is 18.1 Å². The van der Waals surface area contributed by atoms with Crippen LogP contribution in [0.5, 0.6) is 0 Å². The molecule has 0 saturated heterocycles. The fourth-order valence-electron chi connectivity index (χ4n) is 1.09. The van der Waals surface area contributed by atoms with Crippen molar-refractivity contribution >= 4 is 12.0 Å². The number of hydrogen-bond donors (Lipinski definition) is 1. The standard InChI is InChI=1S/C11H13FN2O/c1-8-10(5-7-14-11(8)12)4-3-6-13-9(2)15/h3-5,7H,6H2,1-2H3,(H,13,15). The Bertz CT molecular complexity index is 388. The largest absolute Gasteiger partial charge is 0.353 e. The maximum Gasteiger partial charge on any atom is 0.217 e. The van der Waals surface area contributed by atoms with Gasteiger partial charge in [-0.25, -0.2) is 4.98 Å². The minimum Gasteiger partial charge on any atom is -0.353 e. The molecule has 0 fully saturated rings. The molecule has 0 bridgehead atoms. The van der Waals surface area contributed by atoms with Crippen molar-refractivity contribution in [3.05, 3.63) is 35.4 Å². The Morgan fingerprint density at radius 1 is 1.67 bits per heavy atom. The summed E-state index contributed by atoms with van der Waals surface area (Å²) in [5.74, 6) is -0.547. The number of carbonyl (C=O) groups excluding carboxylic acids is 1. The Balaban J connectivity index is 2.64. The zero-order valence-electron chi connectivity index (χ0n) is 8.75. The van der Waals surface area contributed by atoms with Crippen LogP contribution in [0.3, 0.4) is 0 Å². The smallest absolute Gasteiger partial charge is 0.217 e. The van der Waals surface area contributed by atoms with E-state index in [4.69, 9.17) is 0 Å². The number of rotatable bonds is 3. The summed E-state index contributed by atoms with van der Waals surface area (Å²) in [7, 11) is 0. The van der Waals surface area contributed by atoms with Gasteiger partial charge in [-0.2, -0.15) is 4.39 Å². The number of nitrogens with one attached hydrogen (secondary N) is 1. The first-order chi connectivity index (χ1) is 7.11. The molecule has 1 rings (SSSR count). The van der Waals surface area contributed by atoms with E-state index in [1.165, 1.54) is 13.1 Å². The average molecular weight is 208 g/mol. The minimum atomic E-state index is -0.461. The zero-order valence-corrected chi connectivity index (χ0v) is 8.75. The predicted octanol–water partition coefficient (Wildman–Crippen LogP) is 1.68. The van der Waals surface area contributed by atoms with Crippen molar-refractivity contribution in [2.45, 2.75) is 13.8 Å². The second-order valence-electron chi connectivity index (χ2n) is 3.16. The molecule has 1 aromatic rings. The molecule has 1 aromatic heterocycles. The Labute approximate surface area is 88.0 Å². The van der Waals surface area contributed by atoms with E-state index in [0.29, 0.717) is 12.1 Å². The third-order valence-corrected chi connectivity index (χ3v) is 1.95. The van der Waals surface area contributed by atoms with Crippen LogP contribution >= 0.6 is 0 Å². The van der Waals surface area contributed by atoms with Crippen LogP contribution in [0.2, 0.25) is 0 Å². The first-order valence-corrected chi connectivity index (χ1v) is 4.63. The van der Waals surface area contributed by atoms with Crippen molar-refractivity contribution in [1.29, 1.82) is 0 Å². The monoisotopic (exact) mass is 208 g/mol. The highest BCUT2D eigenvalue weighted by Gasteiger charge is 2.00. The molecule has 80 valence electrons. The summed E-state index contributed by atoms with van der Waals surface area (Å²) in [6.45, 7) is 3.56. The number of halogens is 1. The van der Waals surface area contributed by atoms with E-state index in [9.17, 15) is 9.18 Å². The third kappa shape index (κ3) is 3.50. The van der Waals surface area contributed by atoms with Crippen LogP contribution in [-0.2, 0) is 4.79 Å². The van der Waals surface area contributed by atoms with Crippen molar-refractivity contribution in [1.82, 2.24) is 10.3 Å². The quantitative estimate of drug-likeness (QED) is 0.768. The normalized spacial score (nSPS) is 10.6. The molecule has 4 heteroatoms. The van der Waals surface area contributed by atoms with Crippen molar-refractivity contribution in [3.8, 4) is 0 Å². The molecule has 0 aromatic carbocycles. The molecule has 0 saturated carbocycles. The Morgan fingerprint density at radius 2 is 2.40 bits per heavy atom. The predicted molar refractivity (Wildman–Crippen MR) is 56.6 cm³/mol. The Morgan fingerprint density at radius 3 is 3.07 bits per heavy atom. The molecule has 1 heterocycles.